The van der Waals surface area contributed by atoms with Gasteiger partial charge in [-0.05, 0) is 56.4 Å². The predicted octanol–water partition coefficient (Wildman–Crippen LogP) is 4.50. The van der Waals surface area contributed by atoms with E-state index in [0.717, 1.165) is 25.7 Å². The van der Waals surface area contributed by atoms with Crippen LogP contribution in [0, 0.1) is 22.7 Å². The number of phenolic OH excluding ortho intramolecular Hbond substituents is 1. The summed E-state index contributed by atoms with van der Waals surface area (Å²) in [4.78, 5) is 34.9. The van der Waals surface area contributed by atoms with Crippen LogP contribution < -0.4 is 4.74 Å². The lowest BCUT2D eigenvalue weighted by molar-refractivity contribution is -0.203. The topological polar surface area (TPSA) is 89.9 Å². The van der Waals surface area contributed by atoms with Crippen molar-refractivity contribution in [3.05, 3.63) is 22.8 Å². The van der Waals surface area contributed by atoms with Crippen molar-refractivity contribution in [1.82, 2.24) is 0 Å². The van der Waals surface area contributed by atoms with Gasteiger partial charge in [-0.3, -0.25) is 14.4 Å². The van der Waals surface area contributed by atoms with E-state index in [1.54, 1.807) is 0 Å². The van der Waals surface area contributed by atoms with Crippen molar-refractivity contribution >= 4 is 18.5 Å². The number of hydrogen-bond donors (Lipinski definition) is 1. The summed E-state index contributed by atoms with van der Waals surface area (Å²) in [5.74, 6) is 0.559. The molecule has 0 saturated heterocycles. The van der Waals surface area contributed by atoms with E-state index in [1.165, 1.54) is 13.0 Å². The molecule has 168 valence electrons. The summed E-state index contributed by atoms with van der Waals surface area (Å²) >= 11 is 0. The second-order valence-corrected chi connectivity index (χ2v) is 10.7. The molecule has 0 radical (unpaired) electrons. The summed E-state index contributed by atoms with van der Waals surface area (Å²) < 4.78 is 12.2. The lowest BCUT2D eigenvalue weighted by Gasteiger charge is -2.64. The highest BCUT2D eigenvalue weighted by molar-refractivity contribution is 5.94. The van der Waals surface area contributed by atoms with Crippen LogP contribution in [0.25, 0.3) is 0 Å². The number of aldehydes is 2. The zero-order chi connectivity index (χ0) is 22.8. The van der Waals surface area contributed by atoms with Crippen molar-refractivity contribution in [2.75, 3.05) is 0 Å². The largest absolute Gasteiger partial charge is 0.508 e. The van der Waals surface area contributed by atoms with Crippen LogP contribution in [0.5, 0.6) is 11.5 Å². The van der Waals surface area contributed by atoms with E-state index < -0.39 is 5.60 Å². The van der Waals surface area contributed by atoms with E-state index in [9.17, 15) is 19.5 Å². The molecule has 5 unspecified atom stereocenters. The molecule has 1 aromatic rings. The van der Waals surface area contributed by atoms with Gasteiger partial charge < -0.3 is 14.6 Å². The molecule has 1 heterocycles. The fourth-order valence-corrected chi connectivity index (χ4v) is 7.16. The van der Waals surface area contributed by atoms with Crippen molar-refractivity contribution in [1.29, 1.82) is 0 Å². The zero-order valence-corrected chi connectivity index (χ0v) is 19.0. The molecule has 0 aromatic heterocycles. The van der Waals surface area contributed by atoms with Crippen LogP contribution in [0.1, 0.15) is 86.6 Å². The van der Waals surface area contributed by atoms with Crippen molar-refractivity contribution in [3.63, 3.8) is 0 Å². The molecule has 2 aliphatic carbocycles. The van der Waals surface area contributed by atoms with Gasteiger partial charge in [-0.25, -0.2) is 0 Å². The van der Waals surface area contributed by atoms with Crippen LogP contribution in [0.4, 0.5) is 0 Å². The van der Waals surface area contributed by atoms with E-state index >= 15 is 0 Å². The molecule has 1 aliphatic heterocycles. The first-order chi connectivity index (χ1) is 14.5. The third-order valence-electron chi connectivity index (χ3n) is 8.66. The van der Waals surface area contributed by atoms with Gasteiger partial charge in [0.2, 0.25) is 0 Å². The van der Waals surface area contributed by atoms with Gasteiger partial charge >= 0.3 is 5.97 Å². The highest BCUT2D eigenvalue weighted by Crippen LogP contribution is 2.65. The Balaban J connectivity index is 1.78. The Hall–Kier alpha value is -2.37. The van der Waals surface area contributed by atoms with E-state index in [-0.39, 0.29) is 45.7 Å². The number of aromatic hydroxyl groups is 1. The van der Waals surface area contributed by atoms with Crippen molar-refractivity contribution in [3.8, 4) is 11.5 Å². The third-order valence-corrected chi connectivity index (χ3v) is 8.66. The number of fused-ring (bicyclic) bond motifs is 4. The maximum Gasteiger partial charge on any atom is 0.302 e. The van der Waals surface area contributed by atoms with Gasteiger partial charge in [0.25, 0.3) is 0 Å². The smallest absolute Gasteiger partial charge is 0.302 e. The van der Waals surface area contributed by atoms with Gasteiger partial charge in [-0.1, -0.05) is 20.8 Å². The molecule has 0 spiro atoms. The second-order valence-electron chi connectivity index (χ2n) is 10.7. The minimum absolute atomic E-state index is 0.00309. The molecule has 6 nitrogen and oxygen atoms in total. The van der Waals surface area contributed by atoms with Crippen LogP contribution in [-0.2, 0) is 16.0 Å². The van der Waals surface area contributed by atoms with Gasteiger partial charge in [-0.15, -0.1) is 0 Å². The normalized spacial score (nSPS) is 35.6. The molecule has 1 N–H and O–H groups in total. The first-order valence-electron chi connectivity index (χ1n) is 11.1. The highest BCUT2D eigenvalue weighted by atomic mass is 16.5. The minimum Gasteiger partial charge on any atom is -0.508 e. The van der Waals surface area contributed by atoms with Crippen molar-refractivity contribution in [2.45, 2.75) is 78.4 Å². The molecule has 5 atom stereocenters. The number of benzene rings is 1. The summed E-state index contributed by atoms with van der Waals surface area (Å²) in [7, 11) is 0. The van der Waals surface area contributed by atoms with Gasteiger partial charge in [-0.2, -0.15) is 0 Å². The second kappa shape index (κ2) is 7.07. The van der Waals surface area contributed by atoms with Gasteiger partial charge in [0, 0.05) is 29.4 Å². The summed E-state index contributed by atoms with van der Waals surface area (Å²) in [6.07, 6.45) is 5.08. The van der Waals surface area contributed by atoms with E-state index in [0.29, 0.717) is 36.2 Å². The number of rotatable bonds is 3. The molecule has 2 fully saturated rings. The number of carbonyl (C=O) groups excluding carboxylic acids is 3. The molecule has 1 aromatic carbocycles. The van der Waals surface area contributed by atoms with Crippen LogP contribution in [0.15, 0.2) is 6.07 Å². The number of ether oxygens (including phenoxy) is 2. The zero-order valence-electron chi connectivity index (χ0n) is 19.0. The van der Waals surface area contributed by atoms with Gasteiger partial charge in [0.05, 0.1) is 5.56 Å². The Kier molecular flexibility index (Phi) is 4.99. The van der Waals surface area contributed by atoms with Crippen molar-refractivity contribution < 1.29 is 29.0 Å². The Morgan fingerprint density at radius 2 is 1.84 bits per heavy atom. The molecule has 31 heavy (non-hydrogen) atoms. The van der Waals surface area contributed by atoms with Gasteiger partial charge in [0.15, 0.2) is 12.6 Å². The van der Waals surface area contributed by atoms with Crippen LogP contribution in [0.2, 0.25) is 0 Å². The molecular formula is C25H32O6. The van der Waals surface area contributed by atoms with E-state index in [1.807, 2.05) is 0 Å². The Labute approximate surface area is 183 Å². The Bertz CT molecular complexity index is 950. The highest BCUT2D eigenvalue weighted by Gasteiger charge is 2.63. The lowest BCUT2D eigenvalue weighted by atomic mass is 9.44. The third kappa shape index (κ3) is 3.09. The molecular weight excluding hydrogens is 396 g/mol. The summed E-state index contributed by atoms with van der Waals surface area (Å²) in [6.45, 7) is 10.3. The first-order valence-corrected chi connectivity index (χ1v) is 11.1. The monoisotopic (exact) mass is 428 g/mol. The average molecular weight is 429 g/mol. The standard InChI is InChI=1S/C25H32O6/c1-14(28)30-21-7-8-24(4)19(23(21,2)3)6-9-25(5)20(24)11-16-18(29)10-15(12-26)17(13-27)22(16)31-25/h10,12-13,19-21,29H,6-9,11H2,1-5H3. The number of carbonyl (C=O) groups is 3. The molecule has 0 amide bonds. The maximum atomic E-state index is 11.8. The summed E-state index contributed by atoms with van der Waals surface area (Å²) in [5.41, 5.74) is 0.204. The quantitative estimate of drug-likeness (QED) is 0.563. The maximum absolute atomic E-state index is 11.8. The lowest BCUT2D eigenvalue weighted by Crippen LogP contribution is -2.64. The summed E-state index contributed by atoms with van der Waals surface area (Å²) in [5, 5.41) is 10.7. The predicted molar refractivity (Wildman–Crippen MR) is 115 cm³/mol. The fraction of sp³-hybridized carbons (Fsp3) is 0.640. The first kappa shape index (κ1) is 21.8. The molecule has 2 saturated carbocycles. The fourth-order valence-electron chi connectivity index (χ4n) is 7.16. The van der Waals surface area contributed by atoms with E-state index in [2.05, 4.69) is 27.7 Å². The van der Waals surface area contributed by atoms with Gasteiger partial charge in [0.1, 0.15) is 23.2 Å². The van der Waals surface area contributed by atoms with Crippen LogP contribution in [-0.4, -0.2) is 35.4 Å². The number of phenols is 1. The Morgan fingerprint density at radius 3 is 2.45 bits per heavy atom. The van der Waals surface area contributed by atoms with Crippen molar-refractivity contribution in [2.24, 2.45) is 22.7 Å². The molecule has 0 bridgehead atoms. The minimum atomic E-state index is -0.506. The molecule has 6 heteroatoms. The molecule has 3 aliphatic rings. The van der Waals surface area contributed by atoms with E-state index in [4.69, 9.17) is 9.47 Å². The van der Waals surface area contributed by atoms with Crippen LogP contribution >= 0.6 is 0 Å². The molecule has 4 rings (SSSR count). The Morgan fingerprint density at radius 1 is 1.13 bits per heavy atom. The SMILES string of the molecule is CC(=O)OC1CCC2(C)C3Cc4c(O)cc(C=O)c(C=O)c4OC3(C)CCC2C1(C)C. The number of hydrogen-bond acceptors (Lipinski definition) is 6. The average Bonchev–Trinajstić information content (AvgIpc) is 2.68. The summed E-state index contributed by atoms with van der Waals surface area (Å²) in [6, 6.07) is 1.37. The van der Waals surface area contributed by atoms with Crippen LogP contribution in [0.3, 0.4) is 0 Å². The number of esters is 1.